The van der Waals surface area contributed by atoms with Gasteiger partial charge in [-0.15, -0.1) is 0 Å². The van der Waals surface area contributed by atoms with Crippen LogP contribution in [0.1, 0.15) is 31.0 Å². The van der Waals surface area contributed by atoms with Gasteiger partial charge in [-0.25, -0.2) is 4.79 Å². The topological polar surface area (TPSA) is 76.4 Å². The first-order valence-electron chi connectivity index (χ1n) is 7.42. The molecule has 0 saturated heterocycles. The number of hydrogen-bond acceptors (Lipinski definition) is 3. The molecular weight excluding hydrogens is 290 g/mol. The second-order valence-corrected chi connectivity index (χ2v) is 5.18. The highest BCUT2D eigenvalue weighted by molar-refractivity contribution is 5.89. The molecule has 118 valence electrons. The van der Waals surface area contributed by atoms with Crippen molar-refractivity contribution in [3.8, 4) is 11.8 Å². The Balaban J connectivity index is 2.16. The van der Waals surface area contributed by atoms with Gasteiger partial charge in [0.05, 0.1) is 17.7 Å². The van der Waals surface area contributed by atoms with Gasteiger partial charge in [-0.3, -0.25) is 0 Å². The zero-order chi connectivity index (χ0) is 16.8. The van der Waals surface area contributed by atoms with Crippen molar-refractivity contribution in [1.82, 2.24) is 4.90 Å². The number of amides is 2. The second kappa shape index (κ2) is 7.32. The third kappa shape index (κ3) is 4.01. The maximum atomic E-state index is 12.5. The van der Waals surface area contributed by atoms with Crippen LogP contribution >= 0.6 is 0 Å². The van der Waals surface area contributed by atoms with Crippen LogP contribution in [0.3, 0.4) is 0 Å². The number of urea groups is 1. The summed E-state index contributed by atoms with van der Waals surface area (Å²) in [5.74, 6) is 0.174. The molecule has 0 fully saturated rings. The molecule has 2 aromatic rings. The highest BCUT2D eigenvalue weighted by Crippen LogP contribution is 2.24. The predicted octanol–water partition coefficient (Wildman–Crippen LogP) is 3.88. The molecule has 1 atom stereocenters. The predicted molar refractivity (Wildman–Crippen MR) is 89.1 cm³/mol. The second-order valence-electron chi connectivity index (χ2n) is 5.18. The minimum atomic E-state index is -0.251. The van der Waals surface area contributed by atoms with Crippen LogP contribution in [0.5, 0.6) is 5.75 Å². The van der Waals surface area contributed by atoms with E-state index in [9.17, 15) is 9.90 Å². The van der Waals surface area contributed by atoms with E-state index >= 15 is 0 Å². The summed E-state index contributed by atoms with van der Waals surface area (Å²) in [6, 6.07) is 15.3. The van der Waals surface area contributed by atoms with Gasteiger partial charge in [0.1, 0.15) is 5.75 Å². The van der Waals surface area contributed by atoms with E-state index in [0.29, 0.717) is 17.8 Å². The number of nitriles is 1. The molecule has 0 aliphatic heterocycles. The Morgan fingerprint density at radius 3 is 2.70 bits per heavy atom. The van der Waals surface area contributed by atoms with E-state index < -0.39 is 0 Å². The zero-order valence-corrected chi connectivity index (χ0v) is 13.2. The summed E-state index contributed by atoms with van der Waals surface area (Å²) < 4.78 is 0. The Morgan fingerprint density at radius 1 is 1.30 bits per heavy atom. The number of rotatable bonds is 4. The minimum Gasteiger partial charge on any atom is -0.508 e. The number of hydrogen-bond donors (Lipinski definition) is 2. The van der Waals surface area contributed by atoms with Crippen LogP contribution in [-0.2, 0) is 0 Å². The van der Waals surface area contributed by atoms with Crippen LogP contribution in [-0.4, -0.2) is 22.6 Å². The Hall–Kier alpha value is -3.00. The van der Waals surface area contributed by atoms with Crippen molar-refractivity contribution in [2.45, 2.75) is 19.9 Å². The number of anilines is 1. The third-order valence-electron chi connectivity index (χ3n) is 3.66. The first-order valence-corrected chi connectivity index (χ1v) is 7.42. The molecule has 2 amide bonds. The summed E-state index contributed by atoms with van der Waals surface area (Å²) in [4.78, 5) is 14.2. The van der Waals surface area contributed by atoms with Gasteiger partial charge in [-0.2, -0.15) is 5.26 Å². The number of carbonyl (C=O) groups excluding carboxylic acids is 1. The molecule has 23 heavy (non-hydrogen) atoms. The molecule has 0 saturated carbocycles. The van der Waals surface area contributed by atoms with Gasteiger partial charge in [0.25, 0.3) is 0 Å². The van der Waals surface area contributed by atoms with Crippen molar-refractivity contribution in [3.63, 3.8) is 0 Å². The highest BCUT2D eigenvalue weighted by Gasteiger charge is 2.20. The van der Waals surface area contributed by atoms with Gasteiger partial charge in [0, 0.05) is 12.2 Å². The molecule has 0 aliphatic carbocycles. The molecule has 2 aromatic carbocycles. The maximum absolute atomic E-state index is 12.5. The third-order valence-corrected chi connectivity index (χ3v) is 3.66. The lowest BCUT2D eigenvalue weighted by Gasteiger charge is -2.28. The number of carbonyl (C=O) groups is 1. The summed E-state index contributed by atoms with van der Waals surface area (Å²) in [5.41, 5.74) is 1.93. The average molecular weight is 309 g/mol. The number of aromatic hydroxyl groups is 1. The van der Waals surface area contributed by atoms with Crippen LogP contribution in [0.25, 0.3) is 0 Å². The Kier molecular flexibility index (Phi) is 5.21. The smallest absolute Gasteiger partial charge is 0.322 e. The fourth-order valence-electron chi connectivity index (χ4n) is 2.42. The number of benzene rings is 2. The van der Waals surface area contributed by atoms with Crippen LogP contribution in [0.2, 0.25) is 0 Å². The highest BCUT2D eigenvalue weighted by atomic mass is 16.3. The lowest BCUT2D eigenvalue weighted by atomic mass is 10.1. The molecule has 5 heteroatoms. The maximum Gasteiger partial charge on any atom is 0.322 e. The molecule has 5 nitrogen and oxygen atoms in total. The fourth-order valence-corrected chi connectivity index (χ4v) is 2.42. The van der Waals surface area contributed by atoms with Gasteiger partial charge in [-0.05, 0) is 49.7 Å². The average Bonchev–Trinajstić information content (AvgIpc) is 2.55. The zero-order valence-electron chi connectivity index (χ0n) is 13.2. The van der Waals surface area contributed by atoms with E-state index in [2.05, 4.69) is 5.32 Å². The number of phenols is 1. The van der Waals surface area contributed by atoms with Gasteiger partial charge < -0.3 is 15.3 Å². The molecule has 0 bridgehead atoms. The van der Waals surface area contributed by atoms with Crippen molar-refractivity contribution in [3.05, 3.63) is 59.7 Å². The van der Waals surface area contributed by atoms with E-state index in [4.69, 9.17) is 5.26 Å². The Labute approximate surface area is 135 Å². The fraction of sp³-hybridized carbons (Fsp3) is 0.222. The summed E-state index contributed by atoms with van der Waals surface area (Å²) in [6.45, 7) is 4.31. The molecule has 0 aliphatic rings. The van der Waals surface area contributed by atoms with Crippen molar-refractivity contribution in [1.29, 1.82) is 5.26 Å². The first-order chi connectivity index (χ1) is 11.0. The first kappa shape index (κ1) is 16.4. The molecular formula is C18H19N3O2. The van der Waals surface area contributed by atoms with Gasteiger partial charge in [-0.1, -0.05) is 18.2 Å². The van der Waals surface area contributed by atoms with Crippen molar-refractivity contribution in [2.75, 3.05) is 11.9 Å². The van der Waals surface area contributed by atoms with Crippen LogP contribution in [0.15, 0.2) is 48.5 Å². The summed E-state index contributed by atoms with van der Waals surface area (Å²) >= 11 is 0. The van der Waals surface area contributed by atoms with E-state index in [0.717, 1.165) is 5.56 Å². The summed E-state index contributed by atoms with van der Waals surface area (Å²) in [7, 11) is 0. The Bertz CT molecular complexity index is 737. The van der Waals surface area contributed by atoms with Gasteiger partial charge >= 0.3 is 6.03 Å². The largest absolute Gasteiger partial charge is 0.508 e. The lowest BCUT2D eigenvalue weighted by Crippen LogP contribution is -2.36. The van der Waals surface area contributed by atoms with Gasteiger partial charge in [0.15, 0.2) is 0 Å². The van der Waals surface area contributed by atoms with Crippen molar-refractivity contribution >= 4 is 11.7 Å². The summed E-state index contributed by atoms with van der Waals surface area (Å²) in [5, 5.41) is 21.3. The molecule has 0 heterocycles. The van der Waals surface area contributed by atoms with E-state index in [-0.39, 0.29) is 17.8 Å². The monoisotopic (exact) mass is 309 g/mol. The molecule has 0 radical (unpaired) electrons. The van der Waals surface area contributed by atoms with Crippen LogP contribution in [0, 0.1) is 11.3 Å². The Morgan fingerprint density at radius 2 is 2.04 bits per heavy atom. The van der Waals surface area contributed by atoms with Crippen molar-refractivity contribution < 1.29 is 9.90 Å². The number of phenolic OH excluding ortho intramolecular Hbond substituents is 1. The molecule has 0 aromatic heterocycles. The SMILES string of the molecule is CCN(C(=O)Nc1cccc(C#N)c1)C(C)c1cccc(O)c1. The van der Waals surface area contributed by atoms with Crippen LogP contribution < -0.4 is 5.32 Å². The lowest BCUT2D eigenvalue weighted by molar-refractivity contribution is 0.197. The van der Waals surface area contributed by atoms with E-state index in [1.165, 1.54) is 0 Å². The molecule has 2 rings (SSSR count). The number of nitrogens with one attached hydrogen (secondary N) is 1. The number of nitrogens with zero attached hydrogens (tertiary/aromatic N) is 2. The quantitative estimate of drug-likeness (QED) is 0.900. The normalized spacial score (nSPS) is 11.3. The minimum absolute atomic E-state index is 0.174. The van der Waals surface area contributed by atoms with Crippen molar-refractivity contribution in [2.24, 2.45) is 0 Å². The molecule has 2 N–H and O–H groups in total. The molecule has 1 unspecified atom stereocenters. The molecule has 0 spiro atoms. The van der Waals surface area contributed by atoms with Crippen LogP contribution in [0.4, 0.5) is 10.5 Å². The van der Waals surface area contributed by atoms with Gasteiger partial charge in [0.2, 0.25) is 0 Å². The standard InChI is InChI=1S/C18H19N3O2/c1-3-21(13(2)15-7-5-9-17(22)11-15)18(23)20-16-8-4-6-14(10-16)12-19/h4-11,13,22H,3H2,1-2H3,(H,20,23). The van der Waals surface area contributed by atoms with E-state index in [1.54, 1.807) is 47.4 Å². The van der Waals surface area contributed by atoms with E-state index in [1.807, 2.05) is 26.0 Å². The summed E-state index contributed by atoms with van der Waals surface area (Å²) in [6.07, 6.45) is 0.